The van der Waals surface area contributed by atoms with Gasteiger partial charge in [0.15, 0.2) is 0 Å². The van der Waals surface area contributed by atoms with Crippen molar-refractivity contribution in [1.82, 2.24) is 4.98 Å². The summed E-state index contributed by atoms with van der Waals surface area (Å²) in [5.74, 6) is 1.56. The monoisotopic (exact) mass is 262 g/mol. The zero-order valence-corrected chi connectivity index (χ0v) is 11.0. The zero-order valence-electron chi connectivity index (χ0n) is 10.2. The van der Waals surface area contributed by atoms with Crippen LogP contribution in [0.25, 0.3) is 0 Å². The lowest BCUT2D eigenvalue weighted by molar-refractivity contribution is 0.626. The Labute approximate surface area is 111 Å². The van der Waals surface area contributed by atoms with Gasteiger partial charge in [-0.15, -0.1) is 11.8 Å². The average Bonchev–Trinajstić information content (AvgIpc) is 2.39. The summed E-state index contributed by atoms with van der Waals surface area (Å²) in [6, 6.07) is 10.6. The molecular weight excluding hydrogens is 247 g/mol. The van der Waals surface area contributed by atoms with E-state index in [0.717, 1.165) is 23.0 Å². The highest BCUT2D eigenvalue weighted by Crippen LogP contribution is 2.23. The van der Waals surface area contributed by atoms with Gasteiger partial charge in [-0.2, -0.15) is 0 Å². The van der Waals surface area contributed by atoms with Gasteiger partial charge in [0.1, 0.15) is 11.6 Å². The number of halogens is 1. The summed E-state index contributed by atoms with van der Waals surface area (Å²) in [4.78, 5) is 5.29. The van der Waals surface area contributed by atoms with Crippen molar-refractivity contribution >= 4 is 17.6 Å². The van der Waals surface area contributed by atoms with Gasteiger partial charge in [0, 0.05) is 23.4 Å². The molecule has 0 amide bonds. The van der Waals surface area contributed by atoms with E-state index in [2.05, 4.69) is 10.3 Å². The second-order valence-electron chi connectivity index (χ2n) is 3.82. The smallest absolute Gasteiger partial charge is 0.126 e. The molecule has 0 aliphatic heterocycles. The summed E-state index contributed by atoms with van der Waals surface area (Å²) in [7, 11) is 0. The van der Waals surface area contributed by atoms with Crippen molar-refractivity contribution in [3.05, 3.63) is 54.0 Å². The Morgan fingerprint density at radius 3 is 2.72 bits per heavy atom. The van der Waals surface area contributed by atoms with Gasteiger partial charge in [-0.25, -0.2) is 9.37 Å². The van der Waals surface area contributed by atoms with Crippen LogP contribution < -0.4 is 5.32 Å². The molecule has 2 rings (SSSR count). The maximum absolute atomic E-state index is 12.8. The number of aromatic nitrogens is 1. The minimum absolute atomic E-state index is 0.197. The molecule has 1 aromatic carbocycles. The Kier molecular flexibility index (Phi) is 4.59. The second-order valence-corrected chi connectivity index (χ2v) is 4.87. The van der Waals surface area contributed by atoms with Crippen LogP contribution in [0.4, 0.5) is 10.2 Å². The maximum atomic E-state index is 12.8. The summed E-state index contributed by atoms with van der Waals surface area (Å²) < 4.78 is 12.8. The molecule has 0 unspecified atom stereocenters. The van der Waals surface area contributed by atoms with E-state index in [9.17, 15) is 4.39 Å². The minimum atomic E-state index is -0.197. The molecule has 0 spiro atoms. The van der Waals surface area contributed by atoms with E-state index in [0.29, 0.717) is 0 Å². The first-order valence-corrected chi connectivity index (χ1v) is 6.83. The normalized spacial score (nSPS) is 10.3. The van der Waals surface area contributed by atoms with E-state index in [-0.39, 0.29) is 5.82 Å². The number of anilines is 1. The highest BCUT2D eigenvalue weighted by Gasteiger charge is 1.99. The van der Waals surface area contributed by atoms with Crippen LogP contribution in [0.1, 0.15) is 12.5 Å². The van der Waals surface area contributed by atoms with Gasteiger partial charge < -0.3 is 5.32 Å². The third-order valence-corrected chi connectivity index (χ3v) is 3.48. The van der Waals surface area contributed by atoms with E-state index in [1.54, 1.807) is 30.1 Å². The summed E-state index contributed by atoms with van der Waals surface area (Å²) in [6.07, 6.45) is 1.80. The molecule has 1 aromatic heterocycles. The van der Waals surface area contributed by atoms with Crippen LogP contribution in [0.15, 0.2) is 47.5 Å². The molecule has 0 saturated heterocycles. The largest absolute Gasteiger partial charge is 0.370 e. The molecule has 1 heterocycles. The van der Waals surface area contributed by atoms with Gasteiger partial charge in [0.2, 0.25) is 0 Å². The summed E-state index contributed by atoms with van der Waals surface area (Å²) in [5.41, 5.74) is 1.20. The Morgan fingerprint density at radius 1 is 1.22 bits per heavy atom. The van der Waals surface area contributed by atoms with Crippen LogP contribution >= 0.6 is 11.8 Å². The van der Waals surface area contributed by atoms with Crippen LogP contribution in [-0.4, -0.2) is 11.5 Å². The number of nitrogens with one attached hydrogen (secondary N) is 1. The molecule has 0 saturated carbocycles. The number of benzene rings is 1. The quantitative estimate of drug-likeness (QED) is 0.826. The van der Waals surface area contributed by atoms with Gasteiger partial charge >= 0.3 is 0 Å². The number of hydrogen-bond acceptors (Lipinski definition) is 3. The first kappa shape index (κ1) is 12.9. The Morgan fingerprint density at radius 2 is 2.00 bits per heavy atom. The third kappa shape index (κ3) is 3.74. The minimum Gasteiger partial charge on any atom is -0.370 e. The van der Waals surface area contributed by atoms with E-state index >= 15 is 0 Å². The van der Waals surface area contributed by atoms with Crippen LogP contribution in [0.5, 0.6) is 0 Å². The van der Waals surface area contributed by atoms with Crippen molar-refractivity contribution in [3.63, 3.8) is 0 Å². The molecule has 0 aliphatic rings. The molecule has 0 aliphatic carbocycles. The predicted molar refractivity (Wildman–Crippen MR) is 74.4 cm³/mol. The van der Waals surface area contributed by atoms with Crippen LogP contribution in [0.2, 0.25) is 0 Å². The first-order valence-electron chi connectivity index (χ1n) is 5.85. The summed E-state index contributed by atoms with van der Waals surface area (Å²) >= 11 is 1.69. The molecule has 94 valence electrons. The highest BCUT2D eigenvalue weighted by molar-refractivity contribution is 7.98. The number of nitrogens with zero attached hydrogens (tertiary/aromatic N) is 1. The predicted octanol–water partition coefficient (Wildman–Crippen LogP) is 3.94. The molecule has 0 atom stereocenters. The zero-order chi connectivity index (χ0) is 12.8. The molecule has 0 fully saturated rings. The van der Waals surface area contributed by atoms with E-state index in [1.807, 2.05) is 19.1 Å². The fraction of sp³-hybridized carbons (Fsp3) is 0.214. The van der Waals surface area contributed by atoms with Crippen molar-refractivity contribution in [2.75, 3.05) is 11.9 Å². The van der Waals surface area contributed by atoms with Crippen molar-refractivity contribution in [3.8, 4) is 0 Å². The third-order valence-electron chi connectivity index (χ3n) is 2.40. The van der Waals surface area contributed by atoms with E-state index < -0.39 is 0 Å². The molecule has 2 nitrogen and oxygen atoms in total. The fourth-order valence-electron chi connectivity index (χ4n) is 1.54. The van der Waals surface area contributed by atoms with E-state index in [4.69, 9.17) is 0 Å². The van der Waals surface area contributed by atoms with Gasteiger partial charge in [0.25, 0.3) is 0 Å². The second kappa shape index (κ2) is 6.40. The van der Waals surface area contributed by atoms with Gasteiger partial charge in [-0.3, -0.25) is 0 Å². The number of hydrogen-bond donors (Lipinski definition) is 1. The van der Waals surface area contributed by atoms with Crippen molar-refractivity contribution < 1.29 is 4.39 Å². The van der Waals surface area contributed by atoms with Crippen molar-refractivity contribution in [2.24, 2.45) is 0 Å². The van der Waals surface area contributed by atoms with Gasteiger partial charge in [-0.05, 0) is 48.9 Å². The van der Waals surface area contributed by atoms with E-state index in [1.165, 1.54) is 17.7 Å². The molecule has 18 heavy (non-hydrogen) atoms. The molecule has 0 radical (unpaired) electrons. The Balaban J connectivity index is 1.97. The van der Waals surface area contributed by atoms with Crippen molar-refractivity contribution in [2.45, 2.75) is 17.6 Å². The average molecular weight is 262 g/mol. The lowest BCUT2D eigenvalue weighted by atomic mass is 10.3. The van der Waals surface area contributed by atoms with Crippen LogP contribution in [0.3, 0.4) is 0 Å². The number of thioether (sulfide) groups is 1. The highest BCUT2D eigenvalue weighted by atomic mass is 32.2. The molecule has 1 N–H and O–H groups in total. The molecular formula is C14H15FN2S. The Hall–Kier alpha value is -1.55. The lowest BCUT2D eigenvalue weighted by Gasteiger charge is -2.05. The van der Waals surface area contributed by atoms with Crippen molar-refractivity contribution in [1.29, 1.82) is 0 Å². The molecule has 4 heteroatoms. The SMILES string of the molecule is CCNc1cc(CSc2ccc(F)cc2)ccn1. The Bertz CT molecular complexity index is 499. The first-order chi connectivity index (χ1) is 8.78. The summed E-state index contributed by atoms with van der Waals surface area (Å²) in [5, 5.41) is 3.18. The number of pyridine rings is 1. The fourth-order valence-corrected chi connectivity index (χ4v) is 2.38. The molecule has 2 aromatic rings. The topological polar surface area (TPSA) is 24.9 Å². The maximum Gasteiger partial charge on any atom is 0.126 e. The molecule has 0 bridgehead atoms. The lowest BCUT2D eigenvalue weighted by Crippen LogP contribution is -1.99. The standard InChI is InChI=1S/C14H15FN2S/c1-2-16-14-9-11(7-8-17-14)10-18-13-5-3-12(15)4-6-13/h3-9H,2,10H2,1H3,(H,16,17). The van der Waals surface area contributed by atoms with Crippen LogP contribution in [0, 0.1) is 5.82 Å². The number of rotatable bonds is 5. The van der Waals surface area contributed by atoms with Gasteiger partial charge in [0.05, 0.1) is 0 Å². The summed E-state index contributed by atoms with van der Waals surface area (Å²) in [6.45, 7) is 2.91. The van der Waals surface area contributed by atoms with Crippen LogP contribution in [-0.2, 0) is 5.75 Å². The van der Waals surface area contributed by atoms with Gasteiger partial charge in [-0.1, -0.05) is 0 Å².